The number of hydrogen-bond donors (Lipinski definition) is 1. The van der Waals surface area contributed by atoms with Gasteiger partial charge in [0.15, 0.2) is 0 Å². The highest BCUT2D eigenvalue weighted by molar-refractivity contribution is 6.42. The van der Waals surface area contributed by atoms with Crippen molar-refractivity contribution in [1.29, 1.82) is 0 Å². The van der Waals surface area contributed by atoms with E-state index in [0.29, 0.717) is 16.1 Å². The number of carbonyl (C=O) groups excluding carboxylic acids is 1. The Bertz CT molecular complexity index is 581. The number of fused-ring (bicyclic) bond motifs is 2. The fourth-order valence-corrected chi connectivity index (χ4v) is 4.16. The smallest absolute Gasteiger partial charge is 0.310 e. The van der Waals surface area contributed by atoms with Crippen LogP contribution in [0.4, 0.5) is 0 Å². The van der Waals surface area contributed by atoms with Gasteiger partial charge in [-0.2, -0.15) is 0 Å². The van der Waals surface area contributed by atoms with Crippen LogP contribution in [0.2, 0.25) is 10.0 Å². The lowest BCUT2D eigenvalue weighted by Gasteiger charge is -2.37. The summed E-state index contributed by atoms with van der Waals surface area (Å²) in [4.78, 5) is 12.4. The zero-order valence-electron chi connectivity index (χ0n) is 12.5. The average molecular weight is 344 g/mol. The van der Waals surface area contributed by atoms with E-state index in [2.05, 4.69) is 5.32 Å². The molecule has 5 atom stereocenters. The van der Waals surface area contributed by atoms with Crippen LogP contribution in [0.15, 0.2) is 18.2 Å². The first kappa shape index (κ1) is 16.1. The van der Waals surface area contributed by atoms with Gasteiger partial charge in [-0.1, -0.05) is 29.3 Å². The molecule has 1 aromatic carbocycles. The number of hydrogen-bond acceptors (Lipinski definition) is 4. The molecule has 1 N–H and O–H groups in total. The third kappa shape index (κ3) is 2.73. The largest absolute Gasteiger partial charge is 0.469 e. The fraction of sp³-hybridized carbons (Fsp3) is 0.562. The molecule has 4 nitrogen and oxygen atoms in total. The van der Waals surface area contributed by atoms with Crippen molar-refractivity contribution < 1.29 is 14.3 Å². The first-order valence-electron chi connectivity index (χ1n) is 7.36. The Hall–Kier alpha value is -0.810. The highest BCUT2D eigenvalue weighted by Gasteiger charge is 2.51. The predicted octanol–water partition coefficient (Wildman–Crippen LogP) is 3.02. The minimum absolute atomic E-state index is 0.0295. The van der Waals surface area contributed by atoms with E-state index in [-0.39, 0.29) is 30.0 Å². The average Bonchev–Trinajstić information content (AvgIpc) is 2.85. The standard InChI is InChI=1S/C16H19Cl2NO3/c1-21-13-7-9-6-10(8-3-4-11(17)12(18)5-8)14(15(13)19-9)16(20)22-2/h3-5,9-10,13-15,19H,6-7H2,1-2H3/t9?,10-,13?,14+,15?/m1/s1. The van der Waals surface area contributed by atoms with Crippen molar-refractivity contribution in [3.8, 4) is 0 Å². The second kappa shape index (κ2) is 6.36. The maximum atomic E-state index is 12.4. The van der Waals surface area contributed by atoms with Gasteiger partial charge in [0.2, 0.25) is 0 Å². The van der Waals surface area contributed by atoms with E-state index in [9.17, 15) is 4.79 Å². The van der Waals surface area contributed by atoms with E-state index in [1.807, 2.05) is 12.1 Å². The van der Waals surface area contributed by atoms with E-state index < -0.39 is 0 Å². The lowest BCUT2D eigenvalue weighted by Crippen LogP contribution is -2.51. The van der Waals surface area contributed by atoms with Crippen LogP contribution >= 0.6 is 23.2 Å². The summed E-state index contributed by atoms with van der Waals surface area (Å²) in [6, 6.07) is 5.90. The zero-order valence-corrected chi connectivity index (χ0v) is 14.0. The van der Waals surface area contributed by atoms with Crippen LogP contribution < -0.4 is 5.32 Å². The maximum Gasteiger partial charge on any atom is 0.310 e. The van der Waals surface area contributed by atoms with E-state index in [1.165, 1.54) is 7.11 Å². The lowest BCUT2D eigenvalue weighted by molar-refractivity contribution is -0.149. The number of esters is 1. The Morgan fingerprint density at radius 2 is 2.00 bits per heavy atom. The summed E-state index contributed by atoms with van der Waals surface area (Å²) in [7, 11) is 3.12. The number of benzene rings is 1. The Morgan fingerprint density at radius 3 is 2.64 bits per heavy atom. The van der Waals surface area contributed by atoms with E-state index in [0.717, 1.165) is 18.4 Å². The van der Waals surface area contributed by atoms with Crippen LogP contribution in [-0.2, 0) is 14.3 Å². The minimum atomic E-state index is -0.286. The van der Waals surface area contributed by atoms with Gasteiger partial charge in [0.1, 0.15) is 0 Å². The monoisotopic (exact) mass is 343 g/mol. The Kier molecular flexibility index (Phi) is 4.64. The topological polar surface area (TPSA) is 47.6 Å². The van der Waals surface area contributed by atoms with Gasteiger partial charge < -0.3 is 14.8 Å². The summed E-state index contributed by atoms with van der Waals surface area (Å²) in [5.41, 5.74) is 1.03. The molecule has 0 radical (unpaired) electrons. The first-order chi connectivity index (χ1) is 10.5. The van der Waals surface area contributed by atoms with Gasteiger partial charge in [0.05, 0.1) is 29.2 Å². The molecule has 0 spiro atoms. The van der Waals surface area contributed by atoms with E-state index in [1.54, 1.807) is 13.2 Å². The van der Waals surface area contributed by atoms with Crippen molar-refractivity contribution in [2.45, 2.75) is 36.9 Å². The number of carbonyl (C=O) groups is 1. The summed E-state index contributed by atoms with van der Waals surface area (Å²) >= 11 is 12.2. The Morgan fingerprint density at radius 1 is 1.23 bits per heavy atom. The SMILES string of the molecule is COC(=O)[C@@H]1C2NC(CC2OC)C[C@@H]1c1ccc(Cl)c(Cl)c1. The van der Waals surface area contributed by atoms with Gasteiger partial charge in [0.25, 0.3) is 0 Å². The number of piperidine rings is 1. The summed E-state index contributed by atoms with van der Waals surface area (Å²) in [5, 5.41) is 4.53. The third-order valence-corrected chi connectivity index (χ3v) is 5.59. The first-order valence-corrected chi connectivity index (χ1v) is 8.12. The van der Waals surface area contributed by atoms with Gasteiger partial charge in [-0.25, -0.2) is 0 Å². The minimum Gasteiger partial charge on any atom is -0.469 e. The third-order valence-electron chi connectivity index (χ3n) is 4.85. The van der Waals surface area contributed by atoms with Gasteiger partial charge in [0, 0.05) is 25.1 Å². The zero-order chi connectivity index (χ0) is 15.9. The molecule has 0 saturated carbocycles. The normalized spacial score (nSPS) is 33.7. The second-order valence-electron chi connectivity index (χ2n) is 5.96. The molecular formula is C16H19Cl2NO3. The number of rotatable bonds is 3. The molecular weight excluding hydrogens is 325 g/mol. The molecule has 2 saturated heterocycles. The molecule has 2 bridgehead atoms. The van der Waals surface area contributed by atoms with Crippen LogP contribution in [0.3, 0.4) is 0 Å². The van der Waals surface area contributed by atoms with Crippen LogP contribution in [0.5, 0.6) is 0 Å². The lowest BCUT2D eigenvalue weighted by atomic mass is 9.76. The van der Waals surface area contributed by atoms with Crippen LogP contribution in [0, 0.1) is 5.92 Å². The number of ether oxygens (including phenoxy) is 2. The summed E-state index contributed by atoms with van der Waals surface area (Å²) in [5.74, 6) is -0.444. The van der Waals surface area contributed by atoms with Crippen molar-refractivity contribution in [3.05, 3.63) is 33.8 Å². The van der Waals surface area contributed by atoms with Gasteiger partial charge in [-0.15, -0.1) is 0 Å². The quantitative estimate of drug-likeness (QED) is 0.857. The summed E-state index contributed by atoms with van der Waals surface area (Å²) in [6.07, 6.45) is 1.79. The molecule has 2 heterocycles. The summed E-state index contributed by atoms with van der Waals surface area (Å²) < 4.78 is 10.6. The number of halogens is 2. The molecule has 0 amide bonds. The van der Waals surface area contributed by atoms with E-state index >= 15 is 0 Å². The number of nitrogens with one attached hydrogen (secondary N) is 1. The molecule has 3 rings (SSSR count). The molecule has 2 fully saturated rings. The maximum absolute atomic E-state index is 12.4. The molecule has 0 aliphatic carbocycles. The predicted molar refractivity (Wildman–Crippen MR) is 85.5 cm³/mol. The molecule has 6 heteroatoms. The molecule has 2 aliphatic rings. The Labute approximate surface area is 140 Å². The van der Waals surface area contributed by atoms with Crippen LogP contribution in [0.1, 0.15) is 24.3 Å². The van der Waals surface area contributed by atoms with Gasteiger partial charge in [-0.05, 0) is 30.5 Å². The van der Waals surface area contributed by atoms with Gasteiger partial charge in [-0.3, -0.25) is 4.79 Å². The molecule has 1 aromatic rings. The van der Waals surface area contributed by atoms with Gasteiger partial charge >= 0.3 is 5.97 Å². The molecule has 0 aromatic heterocycles. The van der Waals surface area contributed by atoms with Crippen LogP contribution in [-0.4, -0.2) is 38.4 Å². The van der Waals surface area contributed by atoms with E-state index in [4.69, 9.17) is 32.7 Å². The fourth-order valence-electron chi connectivity index (χ4n) is 3.85. The highest BCUT2D eigenvalue weighted by Crippen LogP contribution is 2.44. The molecule has 2 aliphatic heterocycles. The Balaban J connectivity index is 1.97. The van der Waals surface area contributed by atoms with Crippen molar-refractivity contribution in [2.24, 2.45) is 5.92 Å². The molecule has 3 unspecified atom stereocenters. The molecule has 120 valence electrons. The van der Waals surface area contributed by atoms with Crippen molar-refractivity contribution in [2.75, 3.05) is 14.2 Å². The molecule has 22 heavy (non-hydrogen) atoms. The summed E-state index contributed by atoms with van der Waals surface area (Å²) in [6.45, 7) is 0. The highest BCUT2D eigenvalue weighted by atomic mass is 35.5. The second-order valence-corrected chi connectivity index (χ2v) is 6.78. The number of methoxy groups -OCH3 is 2. The van der Waals surface area contributed by atoms with Crippen molar-refractivity contribution in [3.63, 3.8) is 0 Å². The van der Waals surface area contributed by atoms with Crippen LogP contribution in [0.25, 0.3) is 0 Å². The van der Waals surface area contributed by atoms with Crippen molar-refractivity contribution in [1.82, 2.24) is 5.32 Å². The van der Waals surface area contributed by atoms with Crippen molar-refractivity contribution >= 4 is 29.2 Å².